The molecule has 4 heteroatoms. The number of aliphatic carboxylic acids is 1. The minimum atomic E-state index is -0.810. The van der Waals surface area contributed by atoms with Gasteiger partial charge in [0.1, 0.15) is 11.2 Å². The number of ketones is 1. The summed E-state index contributed by atoms with van der Waals surface area (Å²) in [5, 5.41) is 9.32. The maximum Gasteiger partial charge on any atom is 0.309 e. The number of Topliss-reactive ketones (excluding diaryl/α,β-unsaturated/α-hetero) is 1. The molecule has 0 unspecified atom stereocenters. The summed E-state index contributed by atoms with van der Waals surface area (Å²) in [4.78, 5) is 23.0. The highest BCUT2D eigenvalue weighted by Gasteiger charge is 2.78. The summed E-state index contributed by atoms with van der Waals surface area (Å²) in [6.45, 7) is 5.49. The Morgan fingerprint density at radius 3 is 2.79 bits per heavy atom. The number of carbonyl (C=O) groups excluding carboxylic acids is 1. The fraction of sp³-hybridized carbons (Fsp3) is 0.733. The lowest BCUT2D eigenvalue weighted by Gasteiger charge is -2.34. The molecule has 3 rings (SSSR count). The van der Waals surface area contributed by atoms with Crippen molar-refractivity contribution < 1.29 is 19.4 Å². The van der Waals surface area contributed by atoms with Gasteiger partial charge in [0.15, 0.2) is 5.78 Å². The standard InChI is InChI=1S/C15H20O4/c1-8-4-5-14(9(2)13(17)18)15(19-14)7-11(10(3)16)6-12(8)15/h7-9,12H,4-6H2,1-3H3,(H,17,18)/t8-,9+,12+,14-,15-/m1/s1. The van der Waals surface area contributed by atoms with Gasteiger partial charge in [-0.2, -0.15) is 0 Å². The van der Waals surface area contributed by atoms with Gasteiger partial charge in [-0.25, -0.2) is 0 Å². The van der Waals surface area contributed by atoms with Crippen molar-refractivity contribution >= 4 is 11.8 Å². The Bertz CT molecular complexity index is 494. The quantitative estimate of drug-likeness (QED) is 0.793. The summed E-state index contributed by atoms with van der Waals surface area (Å²) >= 11 is 0. The number of carbonyl (C=O) groups is 2. The molecular weight excluding hydrogens is 244 g/mol. The van der Waals surface area contributed by atoms with E-state index in [9.17, 15) is 14.7 Å². The second-order valence-electron chi connectivity index (χ2n) is 6.40. The molecule has 0 amide bonds. The van der Waals surface area contributed by atoms with Crippen molar-refractivity contribution in [3.8, 4) is 0 Å². The zero-order chi connectivity index (χ0) is 14.0. The molecule has 3 aliphatic rings. The molecule has 4 nitrogen and oxygen atoms in total. The molecule has 19 heavy (non-hydrogen) atoms. The van der Waals surface area contributed by atoms with Gasteiger partial charge in [-0.3, -0.25) is 9.59 Å². The van der Waals surface area contributed by atoms with Crippen LogP contribution in [0.25, 0.3) is 0 Å². The number of hydrogen-bond donors (Lipinski definition) is 1. The predicted molar refractivity (Wildman–Crippen MR) is 68.6 cm³/mol. The van der Waals surface area contributed by atoms with Crippen LogP contribution in [0.5, 0.6) is 0 Å². The average Bonchev–Trinajstić information content (AvgIpc) is 2.82. The summed E-state index contributed by atoms with van der Waals surface area (Å²) in [6.07, 6.45) is 4.43. The van der Waals surface area contributed by atoms with E-state index in [2.05, 4.69) is 6.92 Å². The summed E-state index contributed by atoms with van der Waals surface area (Å²) in [6, 6.07) is 0. The van der Waals surface area contributed by atoms with Crippen LogP contribution in [0.3, 0.4) is 0 Å². The van der Waals surface area contributed by atoms with Gasteiger partial charge in [-0.1, -0.05) is 6.92 Å². The number of ether oxygens (including phenoxy) is 1. The van der Waals surface area contributed by atoms with E-state index < -0.39 is 23.1 Å². The van der Waals surface area contributed by atoms with Gasteiger partial charge in [0.05, 0.1) is 5.92 Å². The third-order valence-corrected chi connectivity index (χ3v) is 5.53. The van der Waals surface area contributed by atoms with Crippen molar-refractivity contribution in [1.82, 2.24) is 0 Å². The lowest BCUT2D eigenvalue weighted by Crippen LogP contribution is -2.44. The van der Waals surface area contributed by atoms with Crippen LogP contribution in [0.4, 0.5) is 0 Å². The minimum Gasteiger partial charge on any atom is -0.481 e. The maximum absolute atomic E-state index is 11.6. The van der Waals surface area contributed by atoms with Crippen LogP contribution < -0.4 is 0 Å². The van der Waals surface area contributed by atoms with Gasteiger partial charge >= 0.3 is 5.97 Å². The van der Waals surface area contributed by atoms with Crippen molar-refractivity contribution in [2.45, 2.75) is 51.2 Å². The summed E-state index contributed by atoms with van der Waals surface area (Å²) < 4.78 is 6.04. The van der Waals surface area contributed by atoms with Crippen LogP contribution in [-0.4, -0.2) is 28.1 Å². The summed E-state index contributed by atoms with van der Waals surface area (Å²) in [5.74, 6) is -0.505. The zero-order valence-corrected chi connectivity index (χ0v) is 11.6. The van der Waals surface area contributed by atoms with E-state index in [1.165, 1.54) is 0 Å². The van der Waals surface area contributed by atoms with Gasteiger partial charge in [-0.05, 0) is 50.7 Å². The Labute approximate surface area is 112 Å². The molecule has 1 saturated carbocycles. The van der Waals surface area contributed by atoms with Crippen LogP contribution >= 0.6 is 0 Å². The first-order valence-electron chi connectivity index (χ1n) is 7.00. The van der Waals surface area contributed by atoms with E-state index in [0.29, 0.717) is 5.92 Å². The number of carboxylic acid groups (broad SMARTS) is 1. The van der Waals surface area contributed by atoms with Crippen LogP contribution in [0.1, 0.15) is 40.0 Å². The Balaban J connectivity index is 2.00. The van der Waals surface area contributed by atoms with Crippen LogP contribution in [0.15, 0.2) is 11.6 Å². The van der Waals surface area contributed by atoms with E-state index in [4.69, 9.17) is 4.74 Å². The van der Waals surface area contributed by atoms with Gasteiger partial charge in [0, 0.05) is 5.92 Å². The summed E-state index contributed by atoms with van der Waals surface area (Å²) in [7, 11) is 0. The van der Waals surface area contributed by atoms with Crippen molar-refractivity contribution in [3.63, 3.8) is 0 Å². The molecule has 1 aliphatic heterocycles. The maximum atomic E-state index is 11.6. The fourth-order valence-electron chi connectivity index (χ4n) is 4.23. The lowest BCUT2D eigenvalue weighted by atomic mass is 9.65. The molecule has 104 valence electrons. The molecule has 2 fully saturated rings. The van der Waals surface area contributed by atoms with Crippen LogP contribution in [0.2, 0.25) is 0 Å². The van der Waals surface area contributed by atoms with Crippen molar-refractivity contribution in [2.24, 2.45) is 17.8 Å². The molecule has 0 aromatic heterocycles. The first-order chi connectivity index (χ1) is 8.84. The van der Waals surface area contributed by atoms with Crippen molar-refractivity contribution in [3.05, 3.63) is 11.6 Å². The Morgan fingerprint density at radius 1 is 1.53 bits per heavy atom. The number of carboxylic acids is 1. The number of epoxide rings is 1. The highest BCUT2D eigenvalue weighted by atomic mass is 16.6. The molecule has 5 atom stereocenters. The van der Waals surface area contributed by atoms with Gasteiger partial charge < -0.3 is 9.84 Å². The van der Waals surface area contributed by atoms with E-state index >= 15 is 0 Å². The predicted octanol–water partition coefficient (Wildman–Crippen LogP) is 2.18. The molecule has 1 spiro atoms. The monoisotopic (exact) mass is 264 g/mol. The first-order valence-corrected chi connectivity index (χ1v) is 7.00. The van der Waals surface area contributed by atoms with Gasteiger partial charge in [0.25, 0.3) is 0 Å². The van der Waals surface area contributed by atoms with E-state index in [-0.39, 0.29) is 11.7 Å². The molecule has 2 aliphatic carbocycles. The lowest BCUT2D eigenvalue weighted by molar-refractivity contribution is -0.143. The molecule has 0 radical (unpaired) electrons. The smallest absolute Gasteiger partial charge is 0.309 e. The van der Waals surface area contributed by atoms with Crippen molar-refractivity contribution in [2.75, 3.05) is 0 Å². The third kappa shape index (κ3) is 1.43. The molecule has 0 aromatic rings. The molecule has 1 N–H and O–H groups in total. The van der Waals surface area contributed by atoms with Crippen LogP contribution in [-0.2, 0) is 14.3 Å². The fourth-order valence-corrected chi connectivity index (χ4v) is 4.23. The Kier molecular flexibility index (Phi) is 2.50. The second-order valence-corrected chi connectivity index (χ2v) is 6.40. The summed E-state index contributed by atoms with van der Waals surface area (Å²) in [5.41, 5.74) is -0.241. The molecule has 1 saturated heterocycles. The highest BCUT2D eigenvalue weighted by molar-refractivity contribution is 5.94. The second kappa shape index (κ2) is 3.69. The number of hydrogen-bond acceptors (Lipinski definition) is 3. The third-order valence-electron chi connectivity index (χ3n) is 5.53. The van der Waals surface area contributed by atoms with Crippen molar-refractivity contribution in [1.29, 1.82) is 0 Å². The van der Waals surface area contributed by atoms with Crippen LogP contribution in [0, 0.1) is 17.8 Å². The topological polar surface area (TPSA) is 66.9 Å². The molecule has 0 bridgehead atoms. The van der Waals surface area contributed by atoms with Gasteiger partial charge in [-0.15, -0.1) is 0 Å². The molecule has 1 heterocycles. The number of allylic oxidation sites excluding steroid dienone is 1. The molecular formula is C15H20O4. The van der Waals surface area contributed by atoms with E-state index in [1.54, 1.807) is 13.8 Å². The Morgan fingerprint density at radius 2 is 2.21 bits per heavy atom. The number of rotatable bonds is 3. The SMILES string of the molecule is CC(=O)C1=C[C@]23O[C@@]2([C@@H](C)C(=O)O)CC[C@@H](C)[C@@H]3C1. The molecule has 0 aromatic carbocycles. The Hall–Kier alpha value is -1.16. The minimum absolute atomic E-state index is 0.0864. The normalized spacial score (nSPS) is 44.9. The highest BCUT2D eigenvalue weighted by Crippen LogP contribution is 2.69. The first kappa shape index (κ1) is 12.9. The van der Waals surface area contributed by atoms with E-state index in [1.807, 2.05) is 6.08 Å². The van der Waals surface area contributed by atoms with Gasteiger partial charge in [0.2, 0.25) is 0 Å². The largest absolute Gasteiger partial charge is 0.481 e. The average molecular weight is 264 g/mol. The zero-order valence-electron chi connectivity index (χ0n) is 11.6. The van der Waals surface area contributed by atoms with E-state index in [0.717, 1.165) is 24.8 Å².